The lowest BCUT2D eigenvalue weighted by molar-refractivity contribution is -0.145. The summed E-state index contributed by atoms with van der Waals surface area (Å²) < 4.78 is 18.3. The molecular formula is C29H33N3O5. The van der Waals surface area contributed by atoms with Crippen molar-refractivity contribution in [1.82, 2.24) is 14.9 Å². The molecule has 1 N–H and O–H groups in total. The second kappa shape index (κ2) is 11.7. The highest BCUT2D eigenvalue weighted by Gasteiger charge is 2.36. The molecule has 2 aromatic carbocycles. The zero-order chi connectivity index (χ0) is 25.6. The topological polar surface area (TPSA) is 94.0 Å². The summed E-state index contributed by atoms with van der Waals surface area (Å²) in [7, 11) is 1.59. The molecule has 0 bridgehead atoms. The molecule has 0 unspecified atom stereocenters. The Morgan fingerprint density at radius 1 is 1.08 bits per heavy atom. The number of carboxylic acid groups (broad SMARTS) is 1. The molecule has 5 rings (SSSR count). The summed E-state index contributed by atoms with van der Waals surface area (Å²) in [5.41, 5.74) is 2.95. The largest absolute Gasteiger partial charge is 0.493 e. The summed E-state index contributed by atoms with van der Waals surface area (Å²) >= 11 is 0. The van der Waals surface area contributed by atoms with Crippen molar-refractivity contribution in [1.29, 1.82) is 0 Å². The van der Waals surface area contributed by atoms with E-state index in [1.807, 2.05) is 35.2 Å². The lowest BCUT2D eigenvalue weighted by Gasteiger charge is -2.38. The van der Waals surface area contributed by atoms with E-state index in [0.29, 0.717) is 36.8 Å². The quantitative estimate of drug-likeness (QED) is 0.430. The molecule has 1 aromatic heterocycles. The number of methoxy groups -OCH3 is 1. The van der Waals surface area contributed by atoms with E-state index in [2.05, 4.69) is 22.1 Å². The minimum atomic E-state index is -0.863. The van der Waals surface area contributed by atoms with E-state index >= 15 is 0 Å². The fourth-order valence-electron chi connectivity index (χ4n) is 5.33. The minimum absolute atomic E-state index is 0.167. The van der Waals surface area contributed by atoms with Crippen LogP contribution in [0, 0.1) is 0 Å². The Morgan fingerprint density at radius 3 is 2.54 bits per heavy atom. The van der Waals surface area contributed by atoms with Gasteiger partial charge in [0.1, 0.15) is 12.6 Å². The number of aliphatic carboxylic acids is 1. The van der Waals surface area contributed by atoms with Gasteiger partial charge in [-0.1, -0.05) is 49.2 Å². The van der Waals surface area contributed by atoms with Crippen LogP contribution >= 0.6 is 0 Å². The second-order valence-corrected chi connectivity index (χ2v) is 9.62. The molecule has 1 aliphatic heterocycles. The van der Waals surface area contributed by atoms with Gasteiger partial charge in [-0.2, -0.15) is 0 Å². The first-order valence-corrected chi connectivity index (χ1v) is 12.9. The molecule has 1 saturated carbocycles. The van der Waals surface area contributed by atoms with Gasteiger partial charge in [0.05, 0.1) is 19.3 Å². The van der Waals surface area contributed by atoms with Crippen molar-refractivity contribution in [2.75, 3.05) is 13.7 Å². The third-order valence-electron chi connectivity index (χ3n) is 7.23. The van der Waals surface area contributed by atoms with Crippen LogP contribution in [0.4, 0.5) is 0 Å². The van der Waals surface area contributed by atoms with Crippen molar-refractivity contribution in [3.63, 3.8) is 0 Å². The molecule has 1 aliphatic carbocycles. The van der Waals surface area contributed by atoms with Gasteiger partial charge in [0.15, 0.2) is 17.3 Å². The van der Waals surface area contributed by atoms with Crippen LogP contribution in [0.1, 0.15) is 54.3 Å². The summed E-state index contributed by atoms with van der Waals surface area (Å²) in [6, 6.07) is 15.0. The van der Waals surface area contributed by atoms with Crippen molar-refractivity contribution < 1.29 is 24.1 Å². The number of rotatable bonds is 10. The van der Waals surface area contributed by atoms with E-state index < -0.39 is 12.0 Å². The van der Waals surface area contributed by atoms with E-state index in [-0.39, 0.29) is 18.8 Å². The lowest BCUT2D eigenvalue weighted by atomic mass is 9.92. The number of hydrogen-bond donors (Lipinski definition) is 1. The predicted molar refractivity (Wildman–Crippen MR) is 137 cm³/mol. The lowest BCUT2D eigenvalue weighted by Crippen LogP contribution is -2.47. The van der Waals surface area contributed by atoms with Gasteiger partial charge in [0, 0.05) is 37.5 Å². The molecular weight excluding hydrogens is 470 g/mol. The molecule has 2 atom stereocenters. The monoisotopic (exact) mass is 503 g/mol. The number of hydrogen-bond acceptors (Lipinski definition) is 7. The van der Waals surface area contributed by atoms with Crippen LogP contribution in [0.2, 0.25) is 0 Å². The summed E-state index contributed by atoms with van der Waals surface area (Å²) in [5.74, 6) is 0.807. The Labute approximate surface area is 217 Å². The Bertz CT molecular complexity index is 1180. The zero-order valence-corrected chi connectivity index (χ0v) is 21.1. The molecule has 2 aliphatic rings. The molecule has 0 amide bonds. The average molecular weight is 504 g/mol. The van der Waals surface area contributed by atoms with Gasteiger partial charge >= 0.3 is 5.97 Å². The number of nitrogens with zero attached hydrogens (tertiary/aromatic N) is 3. The van der Waals surface area contributed by atoms with Crippen LogP contribution in [0.15, 0.2) is 60.9 Å². The Balaban J connectivity index is 1.41. The van der Waals surface area contributed by atoms with Crippen LogP contribution in [0.3, 0.4) is 0 Å². The first-order chi connectivity index (χ1) is 18.1. The van der Waals surface area contributed by atoms with Gasteiger partial charge in [0.25, 0.3) is 0 Å². The maximum absolute atomic E-state index is 12.5. The fraction of sp³-hybridized carbons (Fsp3) is 0.414. The van der Waals surface area contributed by atoms with Gasteiger partial charge < -0.3 is 19.3 Å². The third kappa shape index (κ3) is 5.92. The Kier molecular flexibility index (Phi) is 7.96. The molecule has 0 saturated heterocycles. The van der Waals surface area contributed by atoms with E-state index in [0.717, 1.165) is 29.5 Å². The van der Waals surface area contributed by atoms with Gasteiger partial charge in [-0.3, -0.25) is 9.69 Å². The summed E-state index contributed by atoms with van der Waals surface area (Å²) in [5, 5.41) is 10.3. The van der Waals surface area contributed by atoms with Crippen molar-refractivity contribution in [3.05, 3.63) is 83.4 Å². The SMILES string of the molecule is COc1ccc2c(c1OCc1ncccn1)C[C@@H](C(=O)O)N(C[C@H](OC1CCCC1)c1ccccc1)C2. The normalized spacial score (nSPS) is 18.8. The van der Waals surface area contributed by atoms with Crippen LogP contribution in [-0.2, 0) is 29.1 Å². The van der Waals surface area contributed by atoms with Crippen LogP contribution in [0.5, 0.6) is 11.5 Å². The van der Waals surface area contributed by atoms with Crippen LogP contribution in [-0.4, -0.2) is 51.7 Å². The molecule has 2 heterocycles. The predicted octanol–water partition coefficient (Wildman–Crippen LogP) is 4.58. The highest BCUT2D eigenvalue weighted by atomic mass is 16.5. The van der Waals surface area contributed by atoms with Crippen molar-refractivity contribution in [2.24, 2.45) is 0 Å². The maximum atomic E-state index is 12.5. The second-order valence-electron chi connectivity index (χ2n) is 9.62. The number of aromatic nitrogens is 2. The number of benzene rings is 2. The highest BCUT2D eigenvalue weighted by molar-refractivity contribution is 5.75. The van der Waals surface area contributed by atoms with E-state index in [1.165, 1.54) is 12.8 Å². The minimum Gasteiger partial charge on any atom is -0.493 e. The van der Waals surface area contributed by atoms with Gasteiger partial charge in [-0.25, -0.2) is 9.97 Å². The summed E-state index contributed by atoms with van der Waals surface area (Å²) in [6.45, 7) is 1.14. The van der Waals surface area contributed by atoms with Crippen LogP contribution in [0.25, 0.3) is 0 Å². The van der Waals surface area contributed by atoms with E-state index in [4.69, 9.17) is 14.2 Å². The maximum Gasteiger partial charge on any atom is 0.321 e. The highest BCUT2D eigenvalue weighted by Crippen LogP contribution is 2.39. The molecule has 0 spiro atoms. The van der Waals surface area contributed by atoms with Crippen molar-refractivity contribution in [2.45, 2.75) is 63.5 Å². The molecule has 194 valence electrons. The standard InChI is InChI=1S/C29H33N3O5/c1-35-25-13-12-21-17-32(18-26(20-8-3-2-4-9-20)37-22-10-5-6-11-22)24(29(33)34)16-23(21)28(25)36-19-27-30-14-7-15-31-27/h2-4,7-9,12-15,22,24,26H,5-6,10-11,16-19H2,1H3,(H,33,34)/t24-,26-/m0/s1. The third-order valence-corrected chi connectivity index (χ3v) is 7.23. The summed E-state index contributed by atoms with van der Waals surface area (Å²) in [4.78, 5) is 23.0. The van der Waals surface area contributed by atoms with Crippen molar-refractivity contribution >= 4 is 5.97 Å². The first kappa shape index (κ1) is 25.2. The Morgan fingerprint density at radius 2 is 1.84 bits per heavy atom. The first-order valence-electron chi connectivity index (χ1n) is 12.9. The molecule has 0 radical (unpaired) electrons. The Hall–Kier alpha value is -3.49. The van der Waals surface area contributed by atoms with Gasteiger partial charge in [-0.15, -0.1) is 0 Å². The molecule has 3 aromatic rings. The fourth-order valence-corrected chi connectivity index (χ4v) is 5.33. The molecule has 37 heavy (non-hydrogen) atoms. The van der Waals surface area contributed by atoms with Crippen LogP contribution < -0.4 is 9.47 Å². The summed E-state index contributed by atoms with van der Waals surface area (Å²) in [6.07, 6.45) is 8.13. The number of carbonyl (C=O) groups is 1. The number of carboxylic acids is 1. The average Bonchev–Trinajstić information content (AvgIpc) is 3.45. The number of ether oxygens (including phenoxy) is 3. The van der Waals surface area contributed by atoms with Crippen molar-refractivity contribution in [3.8, 4) is 11.5 Å². The van der Waals surface area contributed by atoms with E-state index in [9.17, 15) is 9.90 Å². The van der Waals surface area contributed by atoms with E-state index in [1.54, 1.807) is 25.6 Å². The van der Waals surface area contributed by atoms with Gasteiger partial charge in [0.2, 0.25) is 0 Å². The zero-order valence-electron chi connectivity index (χ0n) is 21.1. The van der Waals surface area contributed by atoms with Gasteiger partial charge in [-0.05, 0) is 36.1 Å². The molecule has 1 fully saturated rings. The number of fused-ring (bicyclic) bond motifs is 1. The molecule has 8 heteroatoms. The molecule has 8 nitrogen and oxygen atoms in total. The smallest absolute Gasteiger partial charge is 0.321 e.